The Morgan fingerprint density at radius 3 is 2.05 bits per heavy atom. The van der Waals surface area contributed by atoms with E-state index in [9.17, 15) is 0 Å². The van der Waals surface area contributed by atoms with E-state index in [1.54, 1.807) is 28.4 Å². The molecule has 0 spiro atoms. The summed E-state index contributed by atoms with van der Waals surface area (Å²) >= 11 is 0. The van der Waals surface area contributed by atoms with Crippen LogP contribution in [-0.4, -0.2) is 59.6 Å². The Bertz CT molecular complexity index is 222. The van der Waals surface area contributed by atoms with Gasteiger partial charge in [0, 0.05) is 47.4 Å². The maximum Gasteiger partial charge on any atom is 0.160 e. The third-order valence-electron chi connectivity index (χ3n) is 3.63. The lowest BCUT2D eigenvalue weighted by molar-refractivity contribution is -0.277. The van der Waals surface area contributed by atoms with Crippen LogP contribution < -0.4 is 0 Å². The van der Waals surface area contributed by atoms with Gasteiger partial charge in [0.15, 0.2) is 6.29 Å². The SMILES string of the molecule is CCOC.COCC1(C)OC(OC)CC(OC)C1C. The van der Waals surface area contributed by atoms with Crippen LogP contribution in [0.3, 0.4) is 0 Å². The zero-order valence-electron chi connectivity index (χ0n) is 13.4. The highest BCUT2D eigenvalue weighted by Crippen LogP contribution is 2.35. The van der Waals surface area contributed by atoms with Gasteiger partial charge in [-0.05, 0) is 13.8 Å². The van der Waals surface area contributed by atoms with Crippen LogP contribution in [-0.2, 0) is 23.7 Å². The molecular formula is C14H30O5. The van der Waals surface area contributed by atoms with E-state index in [2.05, 4.69) is 11.7 Å². The molecule has 19 heavy (non-hydrogen) atoms. The quantitative estimate of drug-likeness (QED) is 0.770. The molecule has 0 aliphatic carbocycles. The molecule has 0 aromatic rings. The summed E-state index contributed by atoms with van der Waals surface area (Å²) in [6.07, 6.45) is 0.725. The molecule has 1 fully saturated rings. The van der Waals surface area contributed by atoms with Crippen LogP contribution in [0.5, 0.6) is 0 Å². The van der Waals surface area contributed by atoms with Crippen LogP contribution in [0, 0.1) is 5.92 Å². The molecule has 5 nitrogen and oxygen atoms in total. The average molecular weight is 278 g/mol. The van der Waals surface area contributed by atoms with Crippen LogP contribution in [0.1, 0.15) is 27.2 Å². The first-order chi connectivity index (χ1) is 8.98. The fraction of sp³-hybridized carbons (Fsp3) is 1.00. The molecule has 4 atom stereocenters. The first-order valence-electron chi connectivity index (χ1n) is 6.70. The van der Waals surface area contributed by atoms with Gasteiger partial charge in [-0.15, -0.1) is 0 Å². The number of hydrogen-bond donors (Lipinski definition) is 0. The van der Waals surface area contributed by atoms with Gasteiger partial charge < -0.3 is 23.7 Å². The third-order valence-corrected chi connectivity index (χ3v) is 3.63. The minimum atomic E-state index is -0.339. The van der Waals surface area contributed by atoms with Crippen LogP contribution in [0.25, 0.3) is 0 Å². The van der Waals surface area contributed by atoms with Crippen molar-refractivity contribution in [2.75, 3.05) is 41.7 Å². The second-order valence-electron chi connectivity index (χ2n) is 4.90. The van der Waals surface area contributed by atoms with Gasteiger partial charge in [-0.25, -0.2) is 0 Å². The van der Waals surface area contributed by atoms with Crippen molar-refractivity contribution in [3.8, 4) is 0 Å². The van der Waals surface area contributed by atoms with Gasteiger partial charge in [0.05, 0.1) is 18.3 Å². The minimum Gasteiger partial charge on any atom is -0.385 e. The van der Waals surface area contributed by atoms with E-state index < -0.39 is 0 Å². The van der Waals surface area contributed by atoms with E-state index in [0.29, 0.717) is 6.61 Å². The van der Waals surface area contributed by atoms with Crippen molar-refractivity contribution in [1.29, 1.82) is 0 Å². The molecule has 0 amide bonds. The van der Waals surface area contributed by atoms with Gasteiger partial charge in [0.25, 0.3) is 0 Å². The first kappa shape index (κ1) is 18.8. The molecule has 0 bridgehead atoms. The van der Waals surface area contributed by atoms with E-state index in [4.69, 9.17) is 18.9 Å². The van der Waals surface area contributed by atoms with E-state index in [-0.39, 0.29) is 23.9 Å². The average Bonchev–Trinajstić information content (AvgIpc) is 2.42. The first-order valence-corrected chi connectivity index (χ1v) is 6.70. The fourth-order valence-electron chi connectivity index (χ4n) is 2.14. The highest BCUT2D eigenvalue weighted by atomic mass is 16.7. The molecular weight excluding hydrogens is 248 g/mol. The number of methoxy groups -OCH3 is 4. The molecule has 4 unspecified atom stereocenters. The van der Waals surface area contributed by atoms with Crippen molar-refractivity contribution in [2.45, 2.75) is 45.2 Å². The summed E-state index contributed by atoms with van der Waals surface area (Å²) in [4.78, 5) is 0. The standard InChI is InChI=1S/C11H22O4.C3H8O/c1-8-9(13-4)6-10(14-5)15-11(8,2)7-12-3;1-3-4-2/h8-10H,6-7H2,1-5H3;3H2,1-2H3. The van der Waals surface area contributed by atoms with Gasteiger partial charge in [-0.2, -0.15) is 0 Å². The largest absolute Gasteiger partial charge is 0.385 e. The Morgan fingerprint density at radius 2 is 1.68 bits per heavy atom. The Morgan fingerprint density at radius 1 is 1.11 bits per heavy atom. The molecule has 0 aromatic carbocycles. The van der Waals surface area contributed by atoms with Gasteiger partial charge in [-0.3, -0.25) is 0 Å². The fourth-order valence-corrected chi connectivity index (χ4v) is 2.14. The lowest BCUT2D eigenvalue weighted by Gasteiger charge is -2.46. The molecule has 1 aliphatic rings. The van der Waals surface area contributed by atoms with Crippen LogP contribution in [0.2, 0.25) is 0 Å². The van der Waals surface area contributed by atoms with Gasteiger partial charge in [0.2, 0.25) is 0 Å². The second kappa shape index (κ2) is 9.66. The maximum atomic E-state index is 5.88. The Hall–Kier alpha value is -0.200. The van der Waals surface area contributed by atoms with Gasteiger partial charge >= 0.3 is 0 Å². The lowest BCUT2D eigenvalue weighted by Crippen LogP contribution is -2.54. The number of hydrogen-bond acceptors (Lipinski definition) is 5. The molecule has 1 rings (SSSR count). The predicted molar refractivity (Wildman–Crippen MR) is 74.3 cm³/mol. The molecule has 1 heterocycles. The molecule has 0 aromatic heterocycles. The Kier molecular flexibility index (Phi) is 9.56. The topological polar surface area (TPSA) is 46.2 Å². The molecule has 5 heteroatoms. The Balaban J connectivity index is 0.000000711. The molecule has 1 saturated heterocycles. The van der Waals surface area contributed by atoms with Crippen molar-refractivity contribution in [2.24, 2.45) is 5.92 Å². The zero-order chi connectivity index (χ0) is 14.9. The van der Waals surface area contributed by atoms with Crippen molar-refractivity contribution < 1.29 is 23.7 Å². The summed E-state index contributed by atoms with van der Waals surface area (Å²) in [6, 6.07) is 0. The van der Waals surface area contributed by atoms with Crippen LogP contribution in [0.15, 0.2) is 0 Å². The van der Waals surface area contributed by atoms with E-state index >= 15 is 0 Å². The number of rotatable bonds is 5. The maximum absolute atomic E-state index is 5.88. The van der Waals surface area contributed by atoms with E-state index in [0.717, 1.165) is 13.0 Å². The molecule has 0 radical (unpaired) electrons. The van der Waals surface area contributed by atoms with Crippen molar-refractivity contribution >= 4 is 0 Å². The monoisotopic (exact) mass is 278 g/mol. The van der Waals surface area contributed by atoms with Crippen LogP contribution in [0.4, 0.5) is 0 Å². The zero-order valence-corrected chi connectivity index (χ0v) is 13.4. The third kappa shape index (κ3) is 5.75. The predicted octanol–water partition coefficient (Wildman–Crippen LogP) is 2.09. The number of ether oxygens (including phenoxy) is 5. The lowest BCUT2D eigenvalue weighted by atomic mass is 9.82. The van der Waals surface area contributed by atoms with Crippen molar-refractivity contribution in [3.05, 3.63) is 0 Å². The summed E-state index contributed by atoms with van der Waals surface area (Å²) in [5.41, 5.74) is -0.339. The Labute approximate surface area is 117 Å². The summed E-state index contributed by atoms with van der Waals surface area (Å²) in [5, 5.41) is 0. The molecule has 116 valence electrons. The minimum absolute atomic E-state index is 0.156. The summed E-state index contributed by atoms with van der Waals surface area (Å²) < 4.78 is 26.3. The molecule has 0 N–H and O–H groups in total. The van der Waals surface area contributed by atoms with E-state index in [1.807, 2.05) is 13.8 Å². The molecule has 0 saturated carbocycles. The van der Waals surface area contributed by atoms with Crippen molar-refractivity contribution in [3.63, 3.8) is 0 Å². The highest BCUT2D eigenvalue weighted by molar-refractivity contribution is 4.91. The smallest absolute Gasteiger partial charge is 0.160 e. The molecule has 1 aliphatic heterocycles. The summed E-state index contributed by atoms with van der Waals surface area (Å²) in [6.45, 7) is 7.49. The summed E-state index contributed by atoms with van der Waals surface area (Å²) in [7, 11) is 6.74. The summed E-state index contributed by atoms with van der Waals surface area (Å²) in [5.74, 6) is 0.286. The second-order valence-corrected chi connectivity index (χ2v) is 4.90. The highest BCUT2D eigenvalue weighted by Gasteiger charge is 2.45. The van der Waals surface area contributed by atoms with Gasteiger partial charge in [0.1, 0.15) is 0 Å². The van der Waals surface area contributed by atoms with Crippen LogP contribution >= 0.6 is 0 Å². The van der Waals surface area contributed by atoms with Crippen molar-refractivity contribution in [1.82, 2.24) is 0 Å². The van der Waals surface area contributed by atoms with E-state index in [1.165, 1.54) is 0 Å². The van der Waals surface area contributed by atoms with Gasteiger partial charge in [-0.1, -0.05) is 6.92 Å². The normalized spacial score (nSPS) is 34.6.